The zero-order valence-corrected chi connectivity index (χ0v) is 7.37. The Bertz CT molecular complexity index is 172. The minimum Gasteiger partial charge on any atom is -0.479 e. The van der Waals surface area contributed by atoms with E-state index in [1.165, 1.54) is 0 Å². The number of ether oxygens (including phenoxy) is 2. The summed E-state index contributed by atoms with van der Waals surface area (Å²) < 4.78 is 10.2. The van der Waals surface area contributed by atoms with E-state index in [0.29, 0.717) is 19.4 Å². The molecule has 0 saturated heterocycles. The van der Waals surface area contributed by atoms with Gasteiger partial charge >= 0.3 is 5.97 Å². The van der Waals surface area contributed by atoms with Crippen LogP contribution in [0, 0.1) is 0 Å². The fraction of sp³-hybridized carbons (Fsp3) is 0.875. The van der Waals surface area contributed by atoms with Crippen LogP contribution in [0.4, 0.5) is 0 Å². The molecule has 1 fully saturated rings. The number of carboxylic acids is 1. The molecule has 1 aliphatic carbocycles. The molecule has 12 heavy (non-hydrogen) atoms. The Kier molecular flexibility index (Phi) is 2.69. The first kappa shape index (κ1) is 9.48. The van der Waals surface area contributed by atoms with Crippen molar-refractivity contribution in [1.82, 2.24) is 0 Å². The highest BCUT2D eigenvalue weighted by Crippen LogP contribution is 2.37. The van der Waals surface area contributed by atoms with Crippen LogP contribution in [-0.4, -0.2) is 36.5 Å². The van der Waals surface area contributed by atoms with Gasteiger partial charge in [-0.25, -0.2) is 4.79 Å². The molecule has 0 aromatic heterocycles. The molecule has 0 spiro atoms. The number of carbonyl (C=O) groups is 1. The highest BCUT2D eigenvalue weighted by molar-refractivity contribution is 5.79. The van der Waals surface area contributed by atoms with Crippen molar-refractivity contribution in [2.45, 2.75) is 31.5 Å². The van der Waals surface area contributed by atoms with Crippen molar-refractivity contribution >= 4 is 5.97 Å². The Balaban J connectivity index is 2.49. The summed E-state index contributed by atoms with van der Waals surface area (Å²) in [4.78, 5) is 10.8. The third-order valence-corrected chi connectivity index (χ3v) is 2.26. The summed E-state index contributed by atoms with van der Waals surface area (Å²) in [5.41, 5.74) is -0.963. The van der Waals surface area contributed by atoms with Crippen molar-refractivity contribution in [2.24, 2.45) is 0 Å². The van der Waals surface area contributed by atoms with Gasteiger partial charge in [0.25, 0.3) is 0 Å². The van der Waals surface area contributed by atoms with Gasteiger partial charge in [-0.3, -0.25) is 0 Å². The lowest BCUT2D eigenvalue weighted by Gasteiger charge is -2.42. The number of hydrogen-bond donors (Lipinski definition) is 1. The average molecular weight is 174 g/mol. The largest absolute Gasteiger partial charge is 0.479 e. The molecule has 0 radical (unpaired) electrons. The van der Waals surface area contributed by atoms with Crippen molar-refractivity contribution in [3.05, 3.63) is 0 Å². The highest BCUT2D eigenvalue weighted by atomic mass is 16.5. The van der Waals surface area contributed by atoms with Crippen molar-refractivity contribution < 1.29 is 19.4 Å². The van der Waals surface area contributed by atoms with Crippen molar-refractivity contribution in [3.63, 3.8) is 0 Å². The number of rotatable bonds is 4. The standard InChI is InChI=1S/C8H14O4/c1-3-12-8(7(9)10)4-6(5-8)11-2/h6H,3-5H2,1-2H3,(H,9,10). The maximum absolute atomic E-state index is 10.8. The lowest BCUT2D eigenvalue weighted by Crippen LogP contribution is -2.55. The van der Waals surface area contributed by atoms with Gasteiger partial charge < -0.3 is 14.6 Å². The van der Waals surface area contributed by atoms with E-state index in [1.807, 2.05) is 0 Å². The zero-order chi connectivity index (χ0) is 9.19. The van der Waals surface area contributed by atoms with Gasteiger partial charge in [0.1, 0.15) is 0 Å². The lowest BCUT2D eigenvalue weighted by atomic mass is 9.77. The fourth-order valence-corrected chi connectivity index (χ4v) is 1.47. The summed E-state index contributed by atoms with van der Waals surface area (Å²) in [6.45, 7) is 2.23. The molecule has 1 N–H and O–H groups in total. The predicted octanol–water partition coefficient (Wildman–Crippen LogP) is 0.655. The van der Waals surface area contributed by atoms with Crippen molar-refractivity contribution in [3.8, 4) is 0 Å². The molecule has 4 nitrogen and oxygen atoms in total. The van der Waals surface area contributed by atoms with Gasteiger partial charge in [0.05, 0.1) is 6.10 Å². The quantitative estimate of drug-likeness (QED) is 0.680. The number of hydrogen-bond acceptors (Lipinski definition) is 3. The summed E-state index contributed by atoms with van der Waals surface area (Å²) in [5.74, 6) is -0.877. The number of aliphatic carboxylic acids is 1. The molecule has 0 aromatic rings. The van der Waals surface area contributed by atoms with Crippen molar-refractivity contribution in [1.29, 1.82) is 0 Å². The molecular weight excluding hydrogens is 160 g/mol. The van der Waals surface area contributed by atoms with E-state index in [4.69, 9.17) is 14.6 Å². The third-order valence-electron chi connectivity index (χ3n) is 2.26. The van der Waals surface area contributed by atoms with Gasteiger partial charge in [0.2, 0.25) is 0 Å². The van der Waals surface area contributed by atoms with E-state index in [-0.39, 0.29) is 6.10 Å². The molecular formula is C8H14O4. The third kappa shape index (κ3) is 1.44. The van der Waals surface area contributed by atoms with Crippen LogP contribution >= 0.6 is 0 Å². The topological polar surface area (TPSA) is 55.8 Å². The van der Waals surface area contributed by atoms with Crippen LogP contribution in [0.2, 0.25) is 0 Å². The van der Waals surface area contributed by atoms with Crippen LogP contribution in [-0.2, 0) is 14.3 Å². The van der Waals surface area contributed by atoms with Crippen LogP contribution in [0.1, 0.15) is 19.8 Å². The van der Waals surface area contributed by atoms with Crippen molar-refractivity contribution in [2.75, 3.05) is 13.7 Å². The second-order valence-corrected chi connectivity index (χ2v) is 3.00. The van der Waals surface area contributed by atoms with Crippen LogP contribution in [0.25, 0.3) is 0 Å². The minimum absolute atomic E-state index is 0.0487. The Hall–Kier alpha value is -0.610. The Morgan fingerprint density at radius 1 is 1.67 bits per heavy atom. The lowest BCUT2D eigenvalue weighted by molar-refractivity contribution is -0.198. The summed E-state index contributed by atoms with van der Waals surface area (Å²) in [6, 6.07) is 0. The number of methoxy groups -OCH3 is 1. The van der Waals surface area contributed by atoms with E-state index in [9.17, 15) is 4.79 Å². The van der Waals surface area contributed by atoms with Gasteiger partial charge in [-0.1, -0.05) is 0 Å². The summed E-state index contributed by atoms with van der Waals surface area (Å²) in [7, 11) is 1.59. The van der Waals surface area contributed by atoms with Crippen LogP contribution in [0.15, 0.2) is 0 Å². The first-order valence-electron chi connectivity index (χ1n) is 4.05. The smallest absolute Gasteiger partial charge is 0.336 e. The van der Waals surface area contributed by atoms with Gasteiger partial charge in [0.15, 0.2) is 5.60 Å². The summed E-state index contributed by atoms with van der Waals surface area (Å²) in [5, 5.41) is 8.85. The van der Waals surface area contributed by atoms with Gasteiger partial charge in [0, 0.05) is 26.6 Å². The van der Waals surface area contributed by atoms with Crippen LogP contribution in [0.3, 0.4) is 0 Å². The van der Waals surface area contributed by atoms with E-state index in [0.717, 1.165) is 0 Å². The van der Waals surface area contributed by atoms with Crippen LogP contribution in [0.5, 0.6) is 0 Å². The molecule has 0 atom stereocenters. The first-order chi connectivity index (χ1) is 5.64. The maximum atomic E-state index is 10.8. The monoisotopic (exact) mass is 174 g/mol. The normalized spacial score (nSPS) is 34.3. The Morgan fingerprint density at radius 2 is 2.25 bits per heavy atom. The highest BCUT2D eigenvalue weighted by Gasteiger charge is 2.51. The molecule has 70 valence electrons. The second kappa shape index (κ2) is 3.41. The molecule has 1 aliphatic rings. The molecule has 0 aromatic carbocycles. The summed E-state index contributed by atoms with van der Waals surface area (Å²) in [6.07, 6.45) is 0.979. The second-order valence-electron chi connectivity index (χ2n) is 3.00. The Labute approximate surface area is 71.5 Å². The zero-order valence-electron chi connectivity index (χ0n) is 7.37. The first-order valence-corrected chi connectivity index (χ1v) is 4.05. The number of carboxylic acid groups (broad SMARTS) is 1. The molecule has 0 bridgehead atoms. The SMILES string of the molecule is CCOC1(C(=O)O)CC(OC)C1. The summed E-state index contributed by atoms with van der Waals surface area (Å²) >= 11 is 0. The van der Waals surface area contributed by atoms with Crippen LogP contribution < -0.4 is 0 Å². The minimum atomic E-state index is -0.963. The molecule has 1 rings (SSSR count). The van der Waals surface area contributed by atoms with E-state index >= 15 is 0 Å². The molecule has 1 saturated carbocycles. The molecule has 0 unspecified atom stereocenters. The predicted molar refractivity (Wildman–Crippen MR) is 42.0 cm³/mol. The van der Waals surface area contributed by atoms with Gasteiger partial charge in [-0.2, -0.15) is 0 Å². The average Bonchev–Trinajstić information content (AvgIpc) is 1.95. The molecule has 0 aliphatic heterocycles. The van der Waals surface area contributed by atoms with E-state index < -0.39 is 11.6 Å². The molecule has 0 heterocycles. The van der Waals surface area contributed by atoms with Gasteiger partial charge in [-0.05, 0) is 6.92 Å². The molecule has 0 amide bonds. The fourth-order valence-electron chi connectivity index (χ4n) is 1.47. The maximum Gasteiger partial charge on any atom is 0.336 e. The molecule has 4 heteroatoms. The van der Waals surface area contributed by atoms with E-state index in [1.54, 1.807) is 14.0 Å². The van der Waals surface area contributed by atoms with Gasteiger partial charge in [-0.15, -0.1) is 0 Å². The Morgan fingerprint density at radius 3 is 2.58 bits per heavy atom. The van der Waals surface area contributed by atoms with E-state index in [2.05, 4.69) is 0 Å².